The molecule has 1 unspecified atom stereocenters. The molecule has 0 aromatic carbocycles. The van der Waals surface area contributed by atoms with E-state index < -0.39 is 14.6 Å². The lowest BCUT2D eigenvalue weighted by molar-refractivity contribution is 0.0985. The first-order valence-electron chi connectivity index (χ1n) is 9.80. The van der Waals surface area contributed by atoms with Crippen molar-refractivity contribution in [3.8, 4) is 11.4 Å². The van der Waals surface area contributed by atoms with Crippen LogP contribution in [0.25, 0.3) is 11.4 Å². The van der Waals surface area contributed by atoms with E-state index in [2.05, 4.69) is 16.8 Å². The number of sulfone groups is 1. The first kappa shape index (κ1) is 20.5. The summed E-state index contributed by atoms with van der Waals surface area (Å²) in [6, 6.07) is 5.55. The molecule has 0 radical (unpaired) electrons. The summed E-state index contributed by atoms with van der Waals surface area (Å²) in [5.41, 5.74) is 2.02. The second-order valence-corrected chi connectivity index (χ2v) is 11.0. The number of aryl methyl sites for hydroxylation is 1. The second-order valence-electron chi connectivity index (χ2n) is 8.03. The fraction of sp³-hybridized carbons (Fsp3) is 0.550. The Morgan fingerprint density at radius 3 is 2.69 bits per heavy atom. The van der Waals surface area contributed by atoms with Gasteiger partial charge >= 0.3 is 0 Å². The Hall–Kier alpha value is -1.77. The third kappa shape index (κ3) is 3.73. The molecular formula is C20H25ClN4O3S. The highest BCUT2D eigenvalue weighted by Gasteiger charge is 2.46. The molecule has 2 aromatic rings. The van der Waals surface area contributed by atoms with Crippen molar-refractivity contribution < 1.29 is 13.2 Å². The minimum absolute atomic E-state index is 0.134. The number of hydrogen-bond donors (Lipinski definition) is 0. The van der Waals surface area contributed by atoms with Crippen molar-refractivity contribution in [2.75, 3.05) is 30.4 Å². The zero-order valence-corrected chi connectivity index (χ0v) is 18.4. The van der Waals surface area contributed by atoms with Gasteiger partial charge in [-0.05, 0) is 45.7 Å². The molecule has 7 nitrogen and oxygen atoms in total. The highest BCUT2D eigenvalue weighted by atomic mass is 35.5. The molecule has 2 aliphatic rings. The van der Waals surface area contributed by atoms with Gasteiger partial charge in [0.2, 0.25) is 0 Å². The minimum Gasteiger partial charge on any atom is -0.377 e. The van der Waals surface area contributed by atoms with Crippen LogP contribution in [-0.4, -0.2) is 54.9 Å². The van der Waals surface area contributed by atoms with Gasteiger partial charge in [-0.25, -0.2) is 23.4 Å². The molecule has 0 aliphatic carbocycles. The van der Waals surface area contributed by atoms with E-state index in [9.17, 15) is 8.42 Å². The summed E-state index contributed by atoms with van der Waals surface area (Å²) in [5, 5.41) is 0.356. The largest absolute Gasteiger partial charge is 0.377 e. The van der Waals surface area contributed by atoms with Crippen LogP contribution in [0.3, 0.4) is 0 Å². The Labute approximate surface area is 176 Å². The van der Waals surface area contributed by atoms with Gasteiger partial charge in [0.25, 0.3) is 0 Å². The van der Waals surface area contributed by atoms with Gasteiger partial charge in [-0.1, -0.05) is 11.6 Å². The molecule has 156 valence electrons. The molecule has 2 saturated heterocycles. The highest BCUT2D eigenvalue weighted by Crippen LogP contribution is 2.42. The number of halogens is 1. The van der Waals surface area contributed by atoms with Crippen LogP contribution in [0.15, 0.2) is 18.2 Å². The Morgan fingerprint density at radius 1 is 1.24 bits per heavy atom. The molecule has 0 saturated carbocycles. The lowest BCUT2D eigenvalue weighted by Crippen LogP contribution is -2.44. The summed E-state index contributed by atoms with van der Waals surface area (Å²) in [5.74, 6) is 1.37. The van der Waals surface area contributed by atoms with Crippen LogP contribution in [0.5, 0.6) is 0 Å². The predicted molar refractivity (Wildman–Crippen MR) is 113 cm³/mol. The zero-order chi connectivity index (χ0) is 20.8. The summed E-state index contributed by atoms with van der Waals surface area (Å²) in [4.78, 5) is 15.9. The summed E-state index contributed by atoms with van der Waals surface area (Å²) < 4.78 is 30.3. The van der Waals surface area contributed by atoms with Crippen LogP contribution >= 0.6 is 11.6 Å². The van der Waals surface area contributed by atoms with E-state index in [0.717, 1.165) is 17.1 Å². The molecule has 4 heterocycles. The molecular weight excluding hydrogens is 412 g/mol. The van der Waals surface area contributed by atoms with Gasteiger partial charge in [-0.15, -0.1) is 0 Å². The normalized spacial score (nSPS) is 26.6. The Bertz CT molecular complexity index is 1030. The van der Waals surface area contributed by atoms with E-state index in [-0.39, 0.29) is 11.8 Å². The maximum atomic E-state index is 12.9. The number of ether oxygens (including phenoxy) is 1. The van der Waals surface area contributed by atoms with Crippen LogP contribution in [0, 0.1) is 6.92 Å². The van der Waals surface area contributed by atoms with Crippen molar-refractivity contribution in [1.29, 1.82) is 0 Å². The van der Waals surface area contributed by atoms with Crippen LogP contribution in [-0.2, 0) is 19.3 Å². The van der Waals surface area contributed by atoms with Gasteiger partial charge in [0.15, 0.2) is 15.7 Å². The van der Waals surface area contributed by atoms with Gasteiger partial charge in [-0.3, -0.25) is 0 Å². The number of morpholine rings is 1. The monoisotopic (exact) mass is 436 g/mol. The lowest BCUT2D eigenvalue weighted by atomic mass is 10.0. The summed E-state index contributed by atoms with van der Waals surface area (Å²) >= 11 is 6.16. The van der Waals surface area contributed by atoms with E-state index >= 15 is 0 Å². The molecule has 2 aromatic heterocycles. The van der Waals surface area contributed by atoms with E-state index in [0.29, 0.717) is 49.3 Å². The van der Waals surface area contributed by atoms with Gasteiger partial charge in [0, 0.05) is 23.9 Å². The third-order valence-corrected chi connectivity index (χ3v) is 8.66. The number of rotatable bonds is 3. The average Bonchev–Trinajstić information content (AvgIpc) is 2.94. The lowest BCUT2D eigenvalue weighted by Gasteiger charge is -2.35. The standard InChI is InChI=1S/C20H25ClN4O3S/c1-13-9-15(10-17(21)22-13)19-23-16(20(3)5-4-8-29(20,26)27)11-18(24-19)25-6-7-28-12-14(25)2/h9-11,14H,4-8,12H2,1-3H3/t14-,20?/m1/s1. The number of aromatic nitrogens is 3. The number of nitrogens with zero attached hydrogens (tertiary/aromatic N) is 4. The minimum atomic E-state index is -3.29. The van der Waals surface area contributed by atoms with E-state index in [1.54, 1.807) is 13.0 Å². The van der Waals surface area contributed by atoms with Crippen molar-refractivity contribution >= 4 is 27.3 Å². The van der Waals surface area contributed by atoms with E-state index in [1.807, 2.05) is 19.1 Å². The van der Waals surface area contributed by atoms with Crippen molar-refractivity contribution in [1.82, 2.24) is 15.0 Å². The van der Waals surface area contributed by atoms with Gasteiger partial charge in [-0.2, -0.15) is 0 Å². The SMILES string of the molecule is Cc1cc(-c2nc(N3CCOC[C@H]3C)cc(C3(C)CCCS3(=O)=O)n2)cc(Cl)n1. The molecule has 0 bridgehead atoms. The first-order valence-corrected chi connectivity index (χ1v) is 11.8. The van der Waals surface area contributed by atoms with E-state index in [1.165, 1.54) is 0 Å². The molecule has 29 heavy (non-hydrogen) atoms. The molecule has 2 atom stereocenters. The van der Waals surface area contributed by atoms with Gasteiger partial charge in [0.05, 0.1) is 30.7 Å². The van der Waals surface area contributed by atoms with Crippen molar-refractivity contribution in [2.45, 2.75) is 44.4 Å². The summed E-state index contributed by atoms with van der Waals surface area (Å²) in [6.07, 6.45) is 1.20. The molecule has 0 spiro atoms. The Morgan fingerprint density at radius 2 is 2.03 bits per heavy atom. The number of anilines is 1. The topological polar surface area (TPSA) is 85.3 Å². The van der Waals surface area contributed by atoms with Crippen LogP contribution in [0.2, 0.25) is 5.15 Å². The van der Waals surface area contributed by atoms with Gasteiger partial charge in [0.1, 0.15) is 15.7 Å². The predicted octanol–water partition coefficient (Wildman–Crippen LogP) is 3.15. The Kier molecular flexibility index (Phi) is 5.29. The first-order chi connectivity index (χ1) is 13.7. The van der Waals surface area contributed by atoms with E-state index in [4.69, 9.17) is 26.3 Å². The van der Waals surface area contributed by atoms with Crippen LogP contribution in [0.4, 0.5) is 5.82 Å². The van der Waals surface area contributed by atoms with Gasteiger partial charge < -0.3 is 9.64 Å². The summed E-state index contributed by atoms with van der Waals surface area (Å²) in [7, 11) is -3.29. The average molecular weight is 437 g/mol. The highest BCUT2D eigenvalue weighted by molar-refractivity contribution is 7.92. The van der Waals surface area contributed by atoms with Crippen molar-refractivity contribution in [3.05, 3.63) is 34.7 Å². The fourth-order valence-corrected chi connectivity index (χ4v) is 6.18. The molecule has 9 heteroatoms. The van der Waals surface area contributed by atoms with Crippen molar-refractivity contribution in [2.24, 2.45) is 0 Å². The maximum absolute atomic E-state index is 12.9. The number of pyridine rings is 1. The maximum Gasteiger partial charge on any atom is 0.161 e. The molecule has 4 rings (SSSR count). The number of hydrogen-bond acceptors (Lipinski definition) is 7. The summed E-state index contributed by atoms with van der Waals surface area (Å²) in [6.45, 7) is 7.60. The zero-order valence-electron chi connectivity index (χ0n) is 16.9. The second kappa shape index (κ2) is 7.49. The molecule has 2 aliphatic heterocycles. The smallest absolute Gasteiger partial charge is 0.161 e. The quantitative estimate of drug-likeness (QED) is 0.683. The molecule has 2 fully saturated rings. The van der Waals surface area contributed by atoms with Crippen LogP contribution < -0.4 is 4.90 Å². The molecule has 0 amide bonds. The fourth-order valence-electron chi connectivity index (χ4n) is 4.07. The third-order valence-electron chi connectivity index (χ3n) is 5.85. The molecule has 0 N–H and O–H groups in total. The Balaban J connectivity index is 1.90. The van der Waals surface area contributed by atoms with Crippen LogP contribution in [0.1, 0.15) is 38.1 Å². The van der Waals surface area contributed by atoms with Crippen molar-refractivity contribution in [3.63, 3.8) is 0 Å².